The Morgan fingerprint density at radius 2 is 1.83 bits per heavy atom. The van der Waals surface area contributed by atoms with Gasteiger partial charge in [0.05, 0.1) is 19.3 Å². The monoisotopic (exact) mass is 262 g/mol. The number of hydrogen-bond acceptors (Lipinski definition) is 5. The largest absolute Gasteiger partial charge is 0.385 e. The van der Waals surface area contributed by atoms with Crippen LogP contribution in [-0.4, -0.2) is 59.1 Å². The van der Waals surface area contributed by atoms with Crippen LogP contribution >= 0.6 is 0 Å². The van der Waals surface area contributed by atoms with E-state index in [2.05, 4.69) is 5.32 Å². The molecule has 1 amide bonds. The van der Waals surface area contributed by atoms with E-state index in [1.165, 1.54) is 0 Å². The van der Waals surface area contributed by atoms with Crippen molar-refractivity contribution >= 4 is 5.91 Å². The van der Waals surface area contributed by atoms with Crippen LogP contribution in [-0.2, 0) is 19.0 Å². The second-order valence-corrected chi connectivity index (χ2v) is 3.99. The summed E-state index contributed by atoms with van der Waals surface area (Å²) >= 11 is 0. The quantitative estimate of drug-likeness (QED) is 0.480. The fourth-order valence-electron chi connectivity index (χ4n) is 1.29. The maximum absolute atomic E-state index is 11.5. The summed E-state index contributed by atoms with van der Waals surface area (Å²) in [5, 5.41) is 2.79. The third-order valence-corrected chi connectivity index (χ3v) is 2.42. The number of rotatable bonds is 12. The minimum atomic E-state index is -0.483. The van der Waals surface area contributed by atoms with Crippen molar-refractivity contribution in [1.29, 1.82) is 0 Å². The number of nitrogens with one attached hydrogen (secondary N) is 1. The van der Waals surface area contributed by atoms with Gasteiger partial charge in [-0.2, -0.15) is 0 Å². The summed E-state index contributed by atoms with van der Waals surface area (Å²) in [5.74, 6) is -0.118. The zero-order valence-electron chi connectivity index (χ0n) is 11.4. The van der Waals surface area contributed by atoms with Gasteiger partial charge in [-0.15, -0.1) is 0 Å². The maximum atomic E-state index is 11.5. The molecule has 0 spiro atoms. The second-order valence-electron chi connectivity index (χ2n) is 3.99. The molecule has 0 saturated carbocycles. The Hall–Kier alpha value is -0.690. The standard InChI is InChI=1S/C12H26N2O4/c1-16-8-5-11(13)12(15)14-6-3-4-7-18-10-9-17-2/h11H,3-10,13H2,1-2H3,(H,14,15). The zero-order chi connectivity index (χ0) is 13.6. The van der Waals surface area contributed by atoms with Crippen LogP contribution in [0.1, 0.15) is 19.3 Å². The van der Waals surface area contributed by atoms with Gasteiger partial charge in [-0.1, -0.05) is 0 Å². The van der Waals surface area contributed by atoms with Crippen LogP contribution < -0.4 is 11.1 Å². The van der Waals surface area contributed by atoms with Crippen LogP contribution in [0.2, 0.25) is 0 Å². The van der Waals surface area contributed by atoms with Gasteiger partial charge in [0.25, 0.3) is 0 Å². The van der Waals surface area contributed by atoms with Crippen LogP contribution in [0.4, 0.5) is 0 Å². The van der Waals surface area contributed by atoms with Crippen molar-refractivity contribution in [3.8, 4) is 0 Å². The molecule has 0 aliphatic heterocycles. The molecule has 0 fully saturated rings. The van der Waals surface area contributed by atoms with Crippen LogP contribution in [0, 0.1) is 0 Å². The Balaban J connectivity index is 3.29. The molecule has 1 unspecified atom stereocenters. The van der Waals surface area contributed by atoms with Gasteiger partial charge in [-0.25, -0.2) is 0 Å². The Morgan fingerprint density at radius 1 is 1.11 bits per heavy atom. The van der Waals surface area contributed by atoms with E-state index in [1.807, 2.05) is 0 Å². The number of carbonyl (C=O) groups excluding carboxylic acids is 1. The molecule has 0 aliphatic rings. The molecule has 6 nitrogen and oxygen atoms in total. The lowest BCUT2D eigenvalue weighted by atomic mass is 10.2. The average Bonchev–Trinajstić information content (AvgIpc) is 2.38. The Labute approximate surface area is 109 Å². The minimum Gasteiger partial charge on any atom is -0.385 e. The third kappa shape index (κ3) is 10.5. The Kier molecular flexibility index (Phi) is 12.3. The number of methoxy groups -OCH3 is 2. The van der Waals surface area contributed by atoms with Crippen LogP contribution in [0.5, 0.6) is 0 Å². The predicted molar refractivity (Wildman–Crippen MR) is 69.4 cm³/mol. The molecule has 3 N–H and O–H groups in total. The zero-order valence-corrected chi connectivity index (χ0v) is 11.4. The summed E-state index contributed by atoms with van der Waals surface area (Å²) < 4.78 is 15.0. The van der Waals surface area contributed by atoms with E-state index in [-0.39, 0.29) is 5.91 Å². The number of hydrogen-bond donors (Lipinski definition) is 2. The van der Waals surface area contributed by atoms with E-state index in [0.29, 0.717) is 39.4 Å². The fourth-order valence-corrected chi connectivity index (χ4v) is 1.29. The molecular weight excluding hydrogens is 236 g/mol. The number of carbonyl (C=O) groups is 1. The lowest BCUT2D eigenvalue weighted by molar-refractivity contribution is -0.122. The smallest absolute Gasteiger partial charge is 0.237 e. The van der Waals surface area contributed by atoms with Crippen molar-refractivity contribution in [3.63, 3.8) is 0 Å². The lowest BCUT2D eigenvalue weighted by Gasteiger charge is -2.11. The van der Waals surface area contributed by atoms with Gasteiger partial charge < -0.3 is 25.3 Å². The minimum absolute atomic E-state index is 0.118. The van der Waals surface area contributed by atoms with Crippen molar-refractivity contribution in [2.24, 2.45) is 5.73 Å². The number of ether oxygens (including phenoxy) is 3. The van der Waals surface area contributed by atoms with E-state index < -0.39 is 6.04 Å². The first-order chi connectivity index (χ1) is 8.72. The molecule has 0 radical (unpaired) electrons. The number of unbranched alkanes of at least 4 members (excludes halogenated alkanes) is 1. The first-order valence-corrected chi connectivity index (χ1v) is 6.31. The summed E-state index contributed by atoms with van der Waals surface area (Å²) in [5.41, 5.74) is 5.67. The van der Waals surface area contributed by atoms with Gasteiger partial charge in [-0.3, -0.25) is 4.79 Å². The first-order valence-electron chi connectivity index (χ1n) is 6.31. The maximum Gasteiger partial charge on any atom is 0.237 e. The molecule has 6 heteroatoms. The number of amides is 1. The van der Waals surface area contributed by atoms with Crippen LogP contribution in [0.25, 0.3) is 0 Å². The van der Waals surface area contributed by atoms with Crippen molar-refractivity contribution in [1.82, 2.24) is 5.32 Å². The third-order valence-electron chi connectivity index (χ3n) is 2.42. The highest BCUT2D eigenvalue weighted by molar-refractivity contribution is 5.81. The lowest BCUT2D eigenvalue weighted by Crippen LogP contribution is -2.41. The molecule has 0 aromatic rings. The van der Waals surface area contributed by atoms with Crippen molar-refractivity contribution in [2.75, 3.05) is 47.2 Å². The second kappa shape index (κ2) is 12.8. The van der Waals surface area contributed by atoms with E-state index in [9.17, 15) is 4.79 Å². The van der Waals surface area contributed by atoms with Crippen LogP contribution in [0.15, 0.2) is 0 Å². The van der Waals surface area contributed by atoms with Gasteiger partial charge in [0.2, 0.25) is 5.91 Å². The summed E-state index contributed by atoms with van der Waals surface area (Å²) in [4.78, 5) is 11.5. The summed E-state index contributed by atoms with van der Waals surface area (Å²) in [6.45, 7) is 3.06. The predicted octanol–water partition coefficient (Wildman–Crippen LogP) is -0.0904. The molecule has 0 saturated heterocycles. The molecule has 0 heterocycles. The molecule has 108 valence electrons. The molecule has 0 aromatic heterocycles. The summed E-state index contributed by atoms with van der Waals surface area (Å²) in [7, 11) is 3.24. The molecule has 0 rings (SSSR count). The molecule has 0 aromatic carbocycles. The molecule has 18 heavy (non-hydrogen) atoms. The van der Waals surface area contributed by atoms with E-state index >= 15 is 0 Å². The Morgan fingerprint density at radius 3 is 2.50 bits per heavy atom. The van der Waals surface area contributed by atoms with E-state index in [0.717, 1.165) is 12.8 Å². The molecule has 1 atom stereocenters. The molecule has 0 bridgehead atoms. The average molecular weight is 262 g/mol. The van der Waals surface area contributed by atoms with E-state index in [4.69, 9.17) is 19.9 Å². The van der Waals surface area contributed by atoms with Gasteiger partial charge >= 0.3 is 0 Å². The van der Waals surface area contributed by atoms with Crippen molar-refractivity contribution in [2.45, 2.75) is 25.3 Å². The van der Waals surface area contributed by atoms with Gasteiger partial charge in [-0.05, 0) is 19.3 Å². The van der Waals surface area contributed by atoms with Crippen LogP contribution in [0.3, 0.4) is 0 Å². The topological polar surface area (TPSA) is 82.8 Å². The van der Waals surface area contributed by atoms with Gasteiger partial charge in [0.1, 0.15) is 0 Å². The normalized spacial score (nSPS) is 12.4. The first kappa shape index (κ1) is 17.3. The highest BCUT2D eigenvalue weighted by Crippen LogP contribution is 1.92. The highest BCUT2D eigenvalue weighted by atomic mass is 16.5. The van der Waals surface area contributed by atoms with Gasteiger partial charge in [0, 0.05) is 34.0 Å². The fraction of sp³-hybridized carbons (Fsp3) is 0.917. The highest BCUT2D eigenvalue weighted by Gasteiger charge is 2.11. The van der Waals surface area contributed by atoms with Crippen molar-refractivity contribution < 1.29 is 19.0 Å². The molecule has 0 aliphatic carbocycles. The number of nitrogens with two attached hydrogens (primary N) is 1. The SMILES string of the molecule is COCCOCCCCNC(=O)C(N)CCOC. The summed E-state index contributed by atoms with van der Waals surface area (Å²) in [6.07, 6.45) is 2.34. The molecular formula is C12H26N2O4. The van der Waals surface area contributed by atoms with Crippen molar-refractivity contribution in [3.05, 3.63) is 0 Å². The van der Waals surface area contributed by atoms with E-state index in [1.54, 1.807) is 14.2 Å². The Bertz CT molecular complexity index is 203. The summed E-state index contributed by atoms with van der Waals surface area (Å²) in [6, 6.07) is -0.483. The van der Waals surface area contributed by atoms with Gasteiger partial charge in [0.15, 0.2) is 0 Å².